The molecule has 1 aromatic carbocycles. The summed E-state index contributed by atoms with van der Waals surface area (Å²) in [6.45, 7) is 0.169. The van der Waals surface area contributed by atoms with Crippen molar-refractivity contribution in [3.63, 3.8) is 0 Å². The standard InChI is InChI=1S/C14H16N2O7/c1-23-11-8-9(2-3-10(11)16(21)22)12(17)15-6-4-14(20,5-7-15)13(18)19/h2-3,8,20H,4-7H2,1H3,(H,18,19). The number of piperidine rings is 1. The molecule has 0 unspecified atom stereocenters. The van der Waals surface area contributed by atoms with Gasteiger partial charge in [0, 0.05) is 43.6 Å². The van der Waals surface area contributed by atoms with E-state index in [1.165, 1.54) is 30.2 Å². The molecule has 1 amide bonds. The average molecular weight is 324 g/mol. The fourth-order valence-electron chi connectivity index (χ4n) is 2.44. The molecule has 0 bridgehead atoms. The molecule has 0 radical (unpaired) electrons. The van der Waals surface area contributed by atoms with Gasteiger partial charge in [-0.3, -0.25) is 14.9 Å². The predicted molar refractivity (Wildman–Crippen MR) is 77.4 cm³/mol. The highest BCUT2D eigenvalue weighted by molar-refractivity contribution is 5.95. The van der Waals surface area contributed by atoms with Crippen molar-refractivity contribution in [1.82, 2.24) is 4.90 Å². The van der Waals surface area contributed by atoms with Crippen molar-refractivity contribution >= 4 is 17.6 Å². The lowest BCUT2D eigenvalue weighted by Crippen LogP contribution is -2.50. The summed E-state index contributed by atoms with van der Waals surface area (Å²) >= 11 is 0. The second-order valence-electron chi connectivity index (χ2n) is 5.27. The number of hydrogen-bond donors (Lipinski definition) is 2. The van der Waals surface area contributed by atoms with Crippen LogP contribution in [0.2, 0.25) is 0 Å². The van der Waals surface area contributed by atoms with Crippen molar-refractivity contribution in [2.24, 2.45) is 0 Å². The number of carboxylic acids is 1. The highest BCUT2D eigenvalue weighted by Crippen LogP contribution is 2.29. The van der Waals surface area contributed by atoms with E-state index in [0.29, 0.717) is 0 Å². The Balaban J connectivity index is 2.16. The van der Waals surface area contributed by atoms with Crippen molar-refractivity contribution in [1.29, 1.82) is 0 Å². The van der Waals surface area contributed by atoms with E-state index in [2.05, 4.69) is 0 Å². The molecule has 1 aliphatic rings. The van der Waals surface area contributed by atoms with E-state index in [4.69, 9.17) is 9.84 Å². The molecule has 0 aliphatic carbocycles. The lowest BCUT2D eigenvalue weighted by Gasteiger charge is -2.35. The van der Waals surface area contributed by atoms with Crippen LogP contribution in [0.5, 0.6) is 5.75 Å². The van der Waals surface area contributed by atoms with E-state index in [1.807, 2.05) is 0 Å². The number of aliphatic hydroxyl groups is 1. The van der Waals surface area contributed by atoms with Crippen LogP contribution in [-0.4, -0.2) is 57.7 Å². The molecule has 9 nitrogen and oxygen atoms in total. The third-order valence-electron chi connectivity index (χ3n) is 3.90. The van der Waals surface area contributed by atoms with Crippen molar-refractivity contribution in [3.05, 3.63) is 33.9 Å². The van der Waals surface area contributed by atoms with Crippen LogP contribution in [-0.2, 0) is 4.79 Å². The summed E-state index contributed by atoms with van der Waals surface area (Å²) in [5.74, 6) is -1.73. The molecule has 0 atom stereocenters. The molecular formula is C14H16N2O7. The number of aliphatic carboxylic acids is 1. The smallest absolute Gasteiger partial charge is 0.335 e. The van der Waals surface area contributed by atoms with E-state index in [-0.39, 0.29) is 42.9 Å². The van der Waals surface area contributed by atoms with Gasteiger partial charge >= 0.3 is 11.7 Å². The first-order valence-electron chi connectivity index (χ1n) is 6.86. The molecular weight excluding hydrogens is 308 g/mol. The maximum atomic E-state index is 12.4. The molecule has 0 saturated carbocycles. The van der Waals surface area contributed by atoms with Crippen LogP contribution in [0.15, 0.2) is 18.2 Å². The summed E-state index contributed by atoms with van der Waals surface area (Å²) in [7, 11) is 1.27. The van der Waals surface area contributed by atoms with E-state index in [9.17, 15) is 24.8 Å². The third kappa shape index (κ3) is 3.24. The number of ether oxygens (including phenoxy) is 1. The van der Waals surface area contributed by atoms with Gasteiger partial charge in [0.2, 0.25) is 0 Å². The molecule has 0 aromatic heterocycles. The van der Waals surface area contributed by atoms with E-state index >= 15 is 0 Å². The molecule has 0 spiro atoms. The van der Waals surface area contributed by atoms with Gasteiger partial charge in [-0.2, -0.15) is 0 Å². The van der Waals surface area contributed by atoms with Gasteiger partial charge in [0.05, 0.1) is 12.0 Å². The normalized spacial score (nSPS) is 16.7. The van der Waals surface area contributed by atoms with Gasteiger partial charge in [-0.15, -0.1) is 0 Å². The van der Waals surface area contributed by atoms with Crippen molar-refractivity contribution in [2.45, 2.75) is 18.4 Å². The topological polar surface area (TPSA) is 130 Å². The van der Waals surface area contributed by atoms with E-state index < -0.39 is 22.4 Å². The summed E-state index contributed by atoms with van der Waals surface area (Å²) in [5.41, 5.74) is -1.86. The number of nitrogens with zero attached hydrogens (tertiary/aromatic N) is 2. The summed E-state index contributed by atoms with van der Waals surface area (Å²) in [5, 5.41) is 29.7. The Morgan fingerprint density at radius 3 is 2.43 bits per heavy atom. The van der Waals surface area contributed by atoms with E-state index in [1.54, 1.807) is 0 Å². The Hall–Kier alpha value is -2.68. The number of methoxy groups -OCH3 is 1. The van der Waals surface area contributed by atoms with Crippen molar-refractivity contribution in [3.8, 4) is 5.75 Å². The minimum atomic E-state index is -1.82. The van der Waals surface area contributed by atoms with Gasteiger partial charge in [0.15, 0.2) is 11.4 Å². The summed E-state index contributed by atoms with van der Waals surface area (Å²) in [6.07, 6.45) is -0.142. The van der Waals surface area contributed by atoms with Gasteiger partial charge in [-0.25, -0.2) is 4.79 Å². The second-order valence-corrected chi connectivity index (χ2v) is 5.27. The van der Waals surface area contributed by atoms with Gasteiger partial charge < -0.3 is 19.8 Å². The molecule has 1 aromatic rings. The number of nitro benzene ring substituents is 1. The van der Waals surface area contributed by atoms with Gasteiger partial charge in [-0.05, 0) is 6.07 Å². The molecule has 1 saturated heterocycles. The number of nitro groups is 1. The van der Waals surface area contributed by atoms with Gasteiger partial charge in [-0.1, -0.05) is 0 Å². The van der Waals surface area contributed by atoms with Gasteiger partial charge in [0.25, 0.3) is 5.91 Å². The first-order valence-corrected chi connectivity index (χ1v) is 6.86. The predicted octanol–water partition coefficient (Wildman–Crippen LogP) is 0.655. The Morgan fingerprint density at radius 2 is 1.96 bits per heavy atom. The van der Waals surface area contributed by atoms with Crippen LogP contribution >= 0.6 is 0 Å². The maximum absolute atomic E-state index is 12.4. The summed E-state index contributed by atoms with van der Waals surface area (Å²) in [4.78, 5) is 35.0. The molecule has 2 rings (SSSR count). The summed E-state index contributed by atoms with van der Waals surface area (Å²) in [6, 6.07) is 3.78. The molecule has 1 heterocycles. The fourth-order valence-corrected chi connectivity index (χ4v) is 2.44. The lowest BCUT2D eigenvalue weighted by atomic mass is 9.91. The van der Waals surface area contributed by atoms with Crippen LogP contribution in [0, 0.1) is 10.1 Å². The number of carbonyl (C=O) groups is 2. The molecule has 2 N–H and O–H groups in total. The largest absolute Gasteiger partial charge is 0.490 e. The first-order chi connectivity index (χ1) is 10.8. The number of benzene rings is 1. The van der Waals surface area contributed by atoms with Crippen LogP contribution < -0.4 is 4.74 Å². The van der Waals surface area contributed by atoms with Crippen LogP contribution in [0.3, 0.4) is 0 Å². The zero-order valence-corrected chi connectivity index (χ0v) is 12.4. The Bertz CT molecular complexity index is 651. The number of rotatable bonds is 4. The Labute approximate surface area is 131 Å². The minimum absolute atomic E-state index is 0.0279. The van der Waals surface area contributed by atoms with Crippen LogP contribution in [0.25, 0.3) is 0 Å². The Kier molecular flexibility index (Phi) is 4.50. The number of amides is 1. The highest BCUT2D eigenvalue weighted by Gasteiger charge is 2.40. The maximum Gasteiger partial charge on any atom is 0.335 e. The second kappa shape index (κ2) is 6.21. The molecule has 1 fully saturated rings. The van der Waals surface area contributed by atoms with E-state index in [0.717, 1.165) is 0 Å². The molecule has 9 heteroatoms. The summed E-state index contributed by atoms with van der Waals surface area (Å²) < 4.78 is 4.92. The van der Waals surface area contributed by atoms with Gasteiger partial charge in [0.1, 0.15) is 0 Å². The highest BCUT2D eigenvalue weighted by atomic mass is 16.6. The zero-order valence-electron chi connectivity index (χ0n) is 12.4. The number of likely N-dealkylation sites (tertiary alicyclic amines) is 1. The quantitative estimate of drug-likeness (QED) is 0.614. The number of carbonyl (C=O) groups excluding carboxylic acids is 1. The SMILES string of the molecule is COc1cc(C(=O)N2CCC(O)(C(=O)O)CC2)ccc1[N+](=O)[O-]. The van der Waals surface area contributed by atoms with Crippen LogP contribution in [0.1, 0.15) is 23.2 Å². The van der Waals surface area contributed by atoms with Crippen molar-refractivity contribution < 1.29 is 29.5 Å². The lowest BCUT2D eigenvalue weighted by molar-refractivity contribution is -0.385. The van der Waals surface area contributed by atoms with Crippen LogP contribution in [0.4, 0.5) is 5.69 Å². The first kappa shape index (κ1) is 16.7. The number of carboxylic acid groups (broad SMARTS) is 1. The average Bonchev–Trinajstić information content (AvgIpc) is 2.54. The monoisotopic (exact) mass is 324 g/mol. The molecule has 23 heavy (non-hydrogen) atoms. The minimum Gasteiger partial charge on any atom is -0.490 e. The third-order valence-corrected chi connectivity index (χ3v) is 3.90. The molecule has 124 valence electrons. The molecule has 1 aliphatic heterocycles. The zero-order chi connectivity index (χ0) is 17.2. The number of hydrogen-bond acceptors (Lipinski definition) is 6. The van der Waals surface area contributed by atoms with Crippen molar-refractivity contribution in [2.75, 3.05) is 20.2 Å². The fraction of sp³-hybridized carbons (Fsp3) is 0.429. The Morgan fingerprint density at radius 1 is 1.35 bits per heavy atom.